The molecule has 1 aliphatic heterocycles. The van der Waals surface area contributed by atoms with Gasteiger partial charge < -0.3 is 15.7 Å². The number of aromatic hydroxyl groups is 1. The SMILES string of the molecule is NC(=O)[C@@H]1CCCN1c1nc(-c2ccccc2O)nc2cc(Cl)ccc12. The summed E-state index contributed by atoms with van der Waals surface area (Å²) in [6.07, 6.45) is 1.55. The number of amides is 1. The molecule has 2 aromatic carbocycles. The average molecular weight is 369 g/mol. The summed E-state index contributed by atoms with van der Waals surface area (Å²) < 4.78 is 0. The third-order valence-electron chi connectivity index (χ3n) is 4.64. The van der Waals surface area contributed by atoms with Crippen LogP contribution in [-0.4, -0.2) is 33.6 Å². The first-order chi connectivity index (χ1) is 12.5. The number of rotatable bonds is 3. The maximum Gasteiger partial charge on any atom is 0.240 e. The molecular formula is C19H17ClN4O2. The van der Waals surface area contributed by atoms with E-state index in [2.05, 4.69) is 9.97 Å². The monoisotopic (exact) mass is 368 g/mol. The highest BCUT2D eigenvalue weighted by atomic mass is 35.5. The number of aromatic nitrogens is 2. The molecule has 4 rings (SSSR count). The zero-order valence-electron chi connectivity index (χ0n) is 13.9. The molecule has 1 fully saturated rings. The summed E-state index contributed by atoms with van der Waals surface area (Å²) in [6, 6.07) is 11.8. The molecule has 3 aromatic rings. The lowest BCUT2D eigenvalue weighted by Gasteiger charge is -2.25. The van der Waals surface area contributed by atoms with Gasteiger partial charge in [-0.1, -0.05) is 23.7 Å². The van der Waals surface area contributed by atoms with E-state index in [9.17, 15) is 9.90 Å². The molecule has 0 saturated carbocycles. The van der Waals surface area contributed by atoms with Crippen molar-refractivity contribution in [1.29, 1.82) is 0 Å². The highest BCUT2D eigenvalue weighted by molar-refractivity contribution is 6.31. The second-order valence-corrected chi connectivity index (χ2v) is 6.74. The average Bonchev–Trinajstić information content (AvgIpc) is 3.10. The number of hydrogen-bond acceptors (Lipinski definition) is 5. The molecule has 132 valence electrons. The Balaban J connectivity index is 1.96. The van der Waals surface area contributed by atoms with Crippen LogP contribution in [0.4, 0.5) is 5.82 Å². The quantitative estimate of drug-likeness (QED) is 0.741. The molecule has 1 saturated heterocycles. The molecule has 0 spiro atoms. The van der Waals surface area contributed by atoms with Crippen LogP contribution in [0.2, 0.25) is 5.02 Å². The first kappa shape index (κ1) is 16.6. The second-order valence-electron chi connectivity index (χ2n) is 6.30. The summed E-state index contributed by atoms with van der Waals surface area (Å²) >= 11 is 6.14. The summed E-state index contributed by atoms with van der Waals surface area (Å²) in [7, 11) is 0. The lowest BCUT2D eigenvalue weighted by molar-refractivity contribution is -0.119. The van der Waals surface area contributed by atoms with Gasteiger partial charge >= 0.3 is 0 Å². The Bertz CT molecular complexity index is 1010. The molecule has 0 unspecified atom stereocenters. The van der Waals surface area contributed by atoms with Crippen LogP contribution in [0, 0.1) is 0 Å². The highest BCUT2D eigenvalue weighted by Gasteiger charge is 2.31. The van der Waals surface area contributed by atoms with Crippen molar-refractivity contribution in [2.75, 3.05) is 11.4 Å². The number of hydrogen-bond donors (Lipinski definition) is 2. The standard InChI is InChI=1S/C19H17ClN4O2/c20-11-7-8-12-14(10-11)22-18(13-4-1-2-6-16(13)25)23-19(12)24-9-3-5-15(24)17(21)26/h1-2,4,6-8,10,15,25H,3,5,9H2,(H2,21,26)/t15-/m0/s1. The number of phenolic OH excluding ortho intramolecular Hbond substituents is 1. The number of anilines is 1. The summed E-state index contributed by atoms with van der Waals surface area (Å²) in [5.41, 5.74) is 6.75. The topological polar surface area (TPSA) is 92.3 Å². The zero-order chi connectivity index (χ0) is 18.3. The van der Waals surface area contributed by atoms with Gasteiger partial charge in [0.25, 0.3) is 0 Å². The van der Waals surface area contributed by atoms with Crippen molar-refractivity contribution in [3.63, 3.8) is 0 Å². The smallest absolute Gasteiger partial charge is 0.240 e. The number of phenols is 1. The number of halogens is 1. The van der Waals surface area contributed by atoms with Crippen molar-refractivity contribution < 1.29 is 9.90 Å². The van der Waals surface area contributed by atoms with Gasteiger partial charge in [-0.25, -0.2) is 9.97 Å². The number of carbonyl (C=O) groups is 1. The van der Waals surface area contributed by atoms with E-state index in [0.29, 0.717) is 40.7 Å². The Morgan fingerprint density at radius 1 is 1.23 bits per heavy atom. The molecule has 1 atom stereocenters. The van der Waals surface area contributed by atoms with Gasteiger partial charge in [-0.2, -0.15) is 0 Å². The maximum absolute atomic E-state index is 11.9. The van der Waals surface area contributed by atoms with E-state index in [1.54, 1.807) is 30.3 Å². The zero-order valence-corrected chi connectivity index (χ0v) is 14.6. The van der Waals surface area contributed by atoms with Crippen molar-refractivity contribution in [2.24, 2.45) is 5.73 Å². The van der Waals surface area contributed by atoms with Crippen LogP contribution in [0.15, 0.2) is 42.5 Å². The molecule has 6 nitrogen and oxygen atoms in total. The van der Waals surface area contributed by atoms with Crippen molar-refractivity contribution in [1.82, 2.24) is 9.97 Å². The number of nitrogens with zero attached hydrogens (tertiary/aromatic N) is 3. The molecular weight excluding hydrogens is 352 g/mol. The highest BCUT2D eigenvalue weighted by Crippen LogP contribution is 2.35. The molecule has 1 aromatic heterocycles. The van der Waals surface area contributed by atoms with Gasteiger partial charge in [0.15, 0.2) is 5.82 Å². The minimum atomic E-state index is -0.402. The van der Waals surface area contributed by atoms with Crippen LogP contribution in [0.3, 0.4) is 0 Å². The number of primary amides is 1. The number of benzene rings is 2. The van der Waals surface area contributed by atoms with Crippen LogP contribution in [0.25, 0.3) is 22.3 Å². The molecule has 1 aliphatic rings. The fourth-order valence-corrected chi connectivity index (χ4v) is 3.57. The second kappa shape index (κ2) is 6.46. The Kier molecular flexibility index (Phi) is 4.12. The minimum absolute atomic E-state index is 0.0905. The third kappa shape index (κ3) is 2.82. The fraction of sp³-hybridized carbons (Fsp3) is 0.211. The van der Waals surface area contributed by atoms with Gasteiger partial charge in [-0.05, 0) is 43.2 Å². The third-order valence-corrected chi connectivity index (χ3v) is 4.87. The van der Waals surface area contributed by atoms with E-state index in [0.717, 1.165) is 11.8 Å². The van der Waals surface area contributed by atoms with Crippen LogP contribution in [0.1, 0.15) is 12.8 Å². The van der Waals surface area contributed by atoms with E-state index >= 15 is 0 Å². The van der Waals surface area contributed by atoms with Crippen molar-refractivity contribution in [2.45, 2.75) is 18.9 Å². The van der Waals surface area contributed by atoms with Gasteiger partial charge in [-0.15, -0.1) is 0 Å². The summed E-state index contributed by atoms with van der Waals surface area (Å²) in [5.74, 6) is 0.731. The Labute approximate surface area is 155 Å². The molecule has 3 N–H and O–H groups in total. The largest absolute Gasteiger partial charge is 0.507 e. The number of nitrogens with two attached hydrogens (primary N) is 1. The minimum Gasteiger partial charge on any atom is -0.507 e. The van der Waals surface area contributed by atoms with Gasteiger partial charge in [0.05, 0.1) is 11.1 Å². The van der Waals surface area contributed by atoms with E-state index < -0.39 is 6.04 Å². The Morgan fingerprint density at radius 3 is 2.81 bits per heavy atom. The maximum atomic E-state index is 11.9. The Hall–Kier alpha value is -2.86. The summed E-state index contributed by atoms with van der Waals surface area (Å²) in [4.78, 5) is 23.0. The van der Waals surface area contributed by atoms with Gasteiger partial charge in [0.1, 0.15) is 17.6 Å². The molecule has 2 heterocycles. The van der Waals surface area contributed by atoms with E-state index in [1.165, 1.54) is 0 Å². The van der Waals surface area contributed by atoms with E-state index in [4.69, 9.17) is 17.3 Å². The number of para-hydroxylation sites is 1. The molecule has 0 radical (unpaired) electrons. The Morgan fingerprint density at radius 2 is 2.04 bits per heavy atom. The van der Waals surface area contributed by atoms with Crippen LogP contribution >= 0.6 is 11.6 Å². The molecule has 0 aliphatic carbocycles. The van der Waals surface area contributed by atoms with Crippen LogP contribution < -0.4 is 10.6 Å². The van der Waals surface area contributed by atoms with Gasteiger partial charge in [0, 0.05) is 17.0 Å². The van der Waals surface area contributed by atoms with Gasteiger partial charge in [-0.3, -0.25) is 4.79 Å². The van der Waals surface area contributed by atoms with Gasteiger partial charge in [0.2, 0.25) is 5.91 Å². The predicted molar refractivity (Wildman–Crippen MR) is 101 cm³/mol. The number of fused-ring (bicyclic) bond motifs is 1. The first-order valence-electron chi connectivity index (χ1n) is 8.36. The fourth-order valence-electron chi connectivity index (χ4n) is 3.40. The summed E-state index contributed by atoms with van der Waals surface area (Å²) in [6.45, 7) is 0.683. The molecule has 1 amide bonds. The van der Waals surface area contributed by atoms with Crippen molar-refractivity contribution in [3.8, 4) is 17.1 Å². The van der Waals surface area contributed by atoms with Crippen LogP contribution in [0.5, 0.6) is 5.75 Å². The first-order valence-corrected chi connectivity index (χ1v) is 8.74. The van der Waals surface area contributed by atoms with Crippen LogP contribution in [-0.2, 0) is 4.79 Å². The normalized spacial score (nSPS) is 17.0. The molecule has 7 heteroatoms. The lowest BCUT2D eigenvalue weighted by atomic mass is 10.1. The van der Waals surface area contributed by atoms with E-state index in [-0.39, 0.29) is 11.7 Å². The molecule has 0 bridgehead atoms. The molecule has 26 heavy (non-hydrogen) atoms. The predicted octanol–water partition coefficient (Wildman–Crippen LogP) is 3.11. The van der Waals surface area contributed by atoms with Crippen molar-refractivity contribution >= 4 is 34.2 Å². The van der Waals surface area contributed by atoms with Crippen molar-refractivity contribution in [3.05, 3.63) is 47.5 Å². The van der Waals surface area contributed by atoms with E-state index in [1.807, 2.05) is 17.0 Å². The number of carbonyl (C=O) groups excluding carboxylic acids is 1. The summed E-state index contributed by atoms with van der Waals surface area (Å²) in [5, 5.41) is 11.5. The lowest BCUT2D eigenvalue weighted by Crippen LogP contribution is -2.40.